The van der Waals surface area contributed by atoms with Crippen molar-refractivity contribution in [2.75, 3.05) is 0 Å². The molecule has 4 amide bonds. The highest BCUT2D eigenvalue weighted by Gasteiger charge is 2.51. The molecule has 0 saturated carbocycles. The molecule has 1 radical (unpaired) electrons. The van der Waals surface area contributed by atoms with Gasteiger partial charge in [0.05, 0.1) is 0 Å². The minimum atomic E-state index is -0.746. The Kier molecular flexibility index (Phi) is 9.08. The van der Waals surface area contributed by atoms with Crippen molar-refractivity contribution in [2.24, 2.45) is 0 Å². The SMILES string of the molecule is CCCCCCC(CCCCCC)N1C(=O)c2ccc3c4ccc5c6c(ccc(c7ccc(c2c37)C1=O)c64)C(=O)N(C1CC(C)(C)N([O])C(C)(C)C1)C5=O. The number of hydroxylamine groups is 2. The van der Waals surface area contributed by atoms with Crippen molar-refractivity contribution >= 4 is 66.7 Å². The van der Waals surface area contributed by atoms with Crippen LogP contribution in [0.15, 0.2) is 48.5 Å². The molecular weight excluding hydrogens is 675 g/mol. The van der Waals surface area contributed by atoms with Crippen LogP contribution in [0.1, 0.15) is 160 Å². The number of unbranched alkanes of at least 4 members (excludes halogenated alkanes) is 6. The lowest BCUT2D eigenvalue weighted by molar-refractivity contribution is -0.292. The van der Waals surface area contributed by atoms with Crippen molar-refractivity contribution in [1.82, 2.24) is 14.9 Å². The summed E-state index contributed by atoms with van der Waals surface area (Å²) in [4.78, 5) is 60.7. The molecule has 5 aromatic carbocycles. The Balaban J connectivity index is 1.23. The molecule has 0 spiro atoms. The number of rotatable bonds is 12. The third-order valence-electron chi connectivity index (χ3n) is 12.8. The van der Waals surface area contributed by atoms with Crippen LogP contribution < -0.4 is 0 Å². The molecule has 0 aromatic heterocycles. The van der Waals surface area contributed by atoms with E-state index in [1.54, 1.807) is 4.90 Å². The largest absolute Gasteiger partial charge is 0.271 e. The topological polar surface area (TPSA) is 97.9 Å². The summed E-state index contributed by atoms with van der Waals surface area (Å²) in [6.07, 6.45) is 11.2. The molecule has 281 valence electrons. The highest BCUT2D eigenvalue weighted by molar-refractivity contribution is 6.41. The lowest BCUT2D eigenvalue weighted by atomic mass is 9.77. The van der Waals surface area contributed by atoms with E-state index in [1.807, 2.05) is 76.2 Å². The molecule has 0 atom stereocenters. The van der Waals surface area contributed by atoms with Crippen LogP contribution in [0, 0.1) is 0 Å². The van der Waals surface area contributed by atoms with Crippen molar-refractivity contribution in [2.45, 2.75) is 142 Å². The van der Waals surface area contributed by atoms with Gasteiger partial charge in [-0.15, -0.1) is 10.3 Å². The zero-order chi connectivity index (χ0) is 38.3. The average molecular weight is 727 g/mol. The number of piperidine rings is 1. The van der Waals surface area contributed by atoms with Gasteiger partial charge in [-0.3, -0.25) is 29.0 Å². The highest BCUT2D eigenvalue weighted by Crippen LogP contribution is 2.48. The fourth-order valence-electron chi connectivity index (χ4n) is 10.4. The summed E-state index contributed by atoms with van der Waals surface area (Å²) >= 11 is 0. The maximum Gasteiger partial charge on any atom is 0.261 e. The van der Waals surface area contributed by atoms with Crippen LogP contribution in [0.2, 0.25) is 0 Å². The second-order valence-corrected chi connectivity index (χ2v) is 17.4. The van der Waals surface area contributed by atoms with Crippen LogP contribution >= 0.6 is 0 Å². The molecule has 1 saturated heterocycles. The smallest absolute Gasteiger partial charge is 0.261 e. The van der Waals surface area contributed by atoms with Gasteiger partial charge in [-0.05, 0) is 110 Å². The molecule has 0 bridgehead atoms. The predicted octanol–water partition coefficient (Wildman–Crippen LogP) is 10.6. The van der Waals surface area contributed by atoms with E-state index in [-0.39, 0.29) is 29.7 Å². The minimum absolute atomic E-state index is 0.134. The first-order valence-electron chi connectivity index (χ1n) is 20.3. The third kappa shape index (κ3) is 5.46. The van der Waals surface area contributed by atoms with Gasteiger partial charge in [0.1, 0.15) is 0 Å². The zero-order valence-electron chi connectivity index (χ0n) is 32.6. The second kappa shape index (κ2) is 13.4. The zero-order valence-corrected chi connectivity index (χ0v) is 32.6. The predicted molar refractivity (Wildman–Crippen MR) is 214 cm³/mol. The Labute approximate surface area is 317 Å². The van der Waals surface area contributed by atoms with Crippen LogP contribution in [0.4, 0.5) is 0 Å². The lowest BCUT2D eigenvalue weighted by Gasteiger charge is -2.52. The second-order valence-electron chi connectivity index (χ2n) is 17.4. The van der Waals surface area contributed by atoms with Crippen LogP contribution in [0.3, 0.4) is 0 Å². The summed E-state index contributed by atoms with van der Waals surface area (Å²) in [6, 6.07) is 14.7. The summed E-state index contributed by atoms with van der Waals surface area (Å²) in [5.74, 6) is -1.10. The van der Waals surface area contributed by atoms with Crippen molar-refractivity contribution in [3.63, 3.8) is 0 Å². The van der Waals surface area contributed by atoms with E-state index in [4.69, 9.17) is 0 Å². The molecule has 3 aliphatic rings. The fourth-order valence-corrected chi connectivity index (χ4v) is 10.4. The fraction of sp³-hybridized carbons (Fsp3) is 0.478. The van der Waals surface area contributed by atoms with Gasteiger partial charge in [0.2, 0.25) is 0 Å². The summed E-state index contributed by atoms with van der Waals surface area (Å²) in [5, 5.41) is 20.9. The number of nitrogens with zero attached hydrogens (tertiary/aromatic N) is 3. The standard InChI is InChI=1S/C46H52N3O5/c1-7-9-11-13-15-27(16-14-12-10-8-2)47-41(50)33-21-17-29-31-19-23-35-40-36(24-20-32(38(31)40)30-18-22-34(42(47)51)39(33)37(29)30)44(53)48(43(35)52)28-25-45(3,4)49(54)46(5,6)26-28/h17-24,27-28H,7-16,25-26H2,1-6H3. The summed E-state index contributed by atoms with van der Waals surface area (Å²) < 4.78 is 0. The monoisotopic (exact) mass is 726 g/mol. The molecule has 8 heteroatoms. The van der Waals surface area contributed by atoms with E-state index in [1.165, 1.54) is 4.90 Å². The molecule has 3 aliphatic heterocycles. The Morgan fingerprint density at radius 1 is 0.537 bits per heavy atom. The van der Waals surface area contributed by atoms with Gasteiger partial charge in [0.15, 0.2) is 0 Å². The molecule has 0 aliphatic carbocycles. The number of fused-ring (bicyclic) bond motifs is 2. The quantitative estimate of drug-likeness (QED) is 0.0552. The van der Waals surface area contributed by atoms with E-state index in [2.05, 4.69) is 13.8 Å². The molecule has 1 fully saturated rings. The highest BCUT2D eigenvalue weighted by atomic mass is 16.5. The van der Waals surface area contributed by atoms with E-state index in [9.17, 15) is 24.4 Å². The van der Waals surface area contributed by atoms with E-state index in [0.29, 0.717) is 45.9 Å². The number of carbonyl (C=O) groups is 4. The van der Waals surface area contributed by atoms with Crippen molar-refractivity contribution in [3.8, 4) is 0 Å². The summed E-state index contributed by atoms with van der Waals surface area (Å²) in [7, 11) is 0. The minimum Gasteiger partial charge on any atom is -0.271 e. The number of hydrogen-bond acceptors (Lipinski definition) is 5. The van der Waals surface area contributed by atoms with Gasteiger partial charge in [-0.25, -0.2) is 0 Å². The molecule has 0 N–H and O–H groups in total. The van der Waals surface area contributed by atoms with Gasteiger partial charge in [0.25, 0.3) is 23.6 Å². The number of benzene rings is 5. The first-order chi connectivity index (χ1) is 25.8. The normalized spacial score (nSPS) is 18.9. The number of hydrogen-bond donors (Lipinski definition) is 0. The van der Waals surface area contributed by atoms with Crippen LogP contribution in [-0.2, 0) is 5.21 Å². The summed E-state index contributed by atoms with van der Waals surface area (Å²) in [6.45, 7) is 11.9. The summed E-state index contributed by atoms with van der Waals surface area (Å²) in [5.41, 5.74) is 0.575. The van der Waals surface area contributed by atoms with E-state index in [0.717, 1.165) is 102 Å². The van der Waals surface area contributed by atoms with Crippen molar-refractivity contribution in [3.05, 3.63) is 70.8 Å². The van der Waals surface area contributed by atoms with Crippen LogP contribution in [-0.4, -0.2) is 61.7 Å². The van der Waals surface area contributed by atoms with Gasteiger partial charge < -0.3 is 0 Å². The average Bonchev–Trinajstić information content (AvgIpc) is 3.14. The Bertz CT molecular complexity index is 2210. The van der Waals surface area contributed by atoms with Crippen LogP contribution in [0.5, 0.6) is 0 Å². The number of imide groups is 2. The maximum atomic E-state index is 14.5. The lowest BCUT2D eigenvalue weighted by Crippen LogP contribution is -2.64. The Morgan fingerprint density at radius 3 is 1.28 bits per heavy atom. The molecule has 8 nitrogen and oxygen atoms in total. The van der Waals surface area contributed by atoms with Crippen molar-refractivity contribution in [1.29, 1.82) is 0 Å². The first kappa shape index (κ1) is 36.6. The van der Waals surface area contributed by atoms with Crippen molar-refractivity contribution < 1.29 is 24.4 Å². The van der Waals surface area contributed by atoms with E-state index >= 15 is 0 Å². The Morgan fingerprint density at radius 2 is 0.907 bits per heavy atom. The van der Waals surface area contributed by atoms with Gasteiger partial charge in [-0.1, -0.05) is 89.5 Å². The molecule has 5 aromatic rings. The number of carbonyl (C=O) groups excluding carboxylic acids is 4. The molecule has 8 rings (SSSR count). The molecular formula is C46H52N3O5. The third-order valence-corrected chi connectivity index (χ3v) is 12.8. The van der Waals surface area contributed by atoms with E-state index < -0.39 is 17.1 Å². The molecule has 54 heavy (non-hydrogen) atoms. The molecule has 3 heterocycles. The van der Waals surface area contributed by atoms with Gasteiger partial charge >= 0.3 is 0 Å². The van der Waals surface area contributed by atoms with Gasteiger partial charge in [0, 0.05) is 56.2 Å². The van der Waals surface area contributed by atoms with Gasteiger partial charge in [-0.2, -0.15) is 0 Å². The number of amides is 4. The van der Waals surface area contributed by atoms with Crippen LogP contribution in [0.25, 0.3) is 43.1 Å². The Hall–Kier alpha value is -4.40. The maximum absolute atomic E-state index is 14.5. The first-order valence-corrected chi connectivity index (χ1v) is 20.3. The molecule has 0 unspecified atom stereocenters.